The third kappa shape index (κ3) is 4.58. The van der Waals surface area contributed by atoms with Crippen LogP contribution in [0.1, 0.15) is 27.1 Å². The second-order valence-electron chi connectivity index (χ2n) is 8.65. The summed E-state index contributed by atoms with van der Waals surface area (Å²) in [5.41, 5.74) is 0.344. The first kappa shape index (κ1) is 22.6. The first-order chi connectivity index (χ1) is 16.9. The van der Waals surface area contributed by atoms with Crippen molar-refractivity contribution in [2.45, 2.75) is 6.42 Å². The Labute approximate surface area is 201 Å². The van der Waals surface area contributed by atoms with Gasteiger partial charge in [-0.15, -0.1) is 0 Å². The van der Waals surface area contributed by atoms with E-state index in [2.05, 4.69) is 0 Å². The highest BCUT2D eigenvalue weighted by Crippen LogP contribution is 2.29. The van der Waals surface area contributed by atoms with Crippen molar-refractivity contribution in [1.82, 2.24) is 4.90 Å². The van der Waals surface area contributed by atoms with Crippen LogP contribution in [-0.4, -0.2) is 43.7 Å². The number of carbonyl (C=O) groups excluding carboxylic acids is 2. The minimum Gasteiger partial charge on any atom is -0.486 e. The molecule has 0 spiro atoms. The standard InChI is InChI=1S/C28H23NO6/c1-29(2)10-5-11-33-26-14-19-8-9-20(15-24(19)35-28(26)32)34-25-16-23(30)21-12-17-6-3-4-7-18(17)13-22(21)27(25)31/h3-4,6-9,12-16H,5,10-11H2,1-2H3. The first-order valence-electron chi connectivity index (χ1n) is 11.3. The monoisotopic (exact) mass is 469 g/mol. The van der Waals surface area contributed by atoms with Gasteiger partial charge in [0.1, 0.15) is 11.3 Å². The minimum atomic E-state index is -0.594. The highest BCUT2D eigenvalue weighted by atomic mass is 16.5. The molecule has 0 unspecified atom stereocenters. The van der Waals surface area contributed by atoms with Crippen molar-refractivity contribution in [3.05, 3.63) is 94.0 Å². The lowest BCUT2D eigenvalue weighted by Gasteiger charge is -2.17. The van der Waals surface area contributed by atoms with Gasteiger partial charge in [0.15, 0.2) is 11.5 Å². The average molecular weight is 469 g/mol. The molecule has 1 aliphatic carbocycles. The van der Waals surface area contributed by atoms with Crippen molar-refractivity contribution in [2.24, 2.45) is 0 Å². The van der Waals surface area contributed by atoms with E-state index in [4.69, 9.17) is 13.9 Å². The predicted molar refractivity (Wildman–Crippen MR) is 132 cm³/mol. The lowest BCUT2D eigenvalue weighted by molar-refractivity contribution is 0.0947. The summed E-state index contributed by atoms with van der Waals surface area (Å²) in [6.45, 7) is 1.24. The maximum atomic E-state index is 13.1. The van der Waals surface area contributed by atoms with Crippen molar-refractivity contribution in [1.29, 1.82) is 0 Å². The summed E-state index contributed by atoms with van der Waals surface area (Å²) in [5, 5.41) is 2.40. The molecule has 4 aromatic rings. The molecule has 1 heterocycles. The van der Waals surface area contributed by atoms with Gasteiger partial charge in [-0.3, -0.25) is 9.59 Å². The van der Waals surface area contributed by atoms with E-state index in [1.165, 1.54) is 12.1 Å². The van der Waals surface area contributed by atoms with Crippen molar-refractivity contribution in [3.8, 4) is 11.5 Å². The zero-order valence-corrected chi connectivity index (χ0v) is 19.4. The second kappa shape index (κ2) is 9.19. The zero-order chi connectivity index (χ0) is 24.5. The number of carbonyl (C=O) groups is 2. The first-order valence-corrected chi connectivity index (χ1v) is 11.3. The summed E-state index contributed by atoms with van der Waals surface area (Å²) < 4.78 is 16.8. The summed E-state index contributed by atoms with van der Waals surface area (Å²) in [5.74, 6) is -0.348. The van der Waals surface area contributed by atoms with E-state index >= 15 is 0 Å². The normalized spacial score (nSPS) is 13.3. The van der Waals surface area contributed by atoms with Crippen LogP contribution in [-0.2, 0) is 0 Å². The van der Waals surface area contributed by atoms with Crippen LogP contribution in [0.4, 0.5) is 0 Å². The van der Waals surface area contributed by atoms with E-state index in [9.17, 15) is 14.4 Å². The van der Waals surface area contributed by atoms with E-state index < -0.39 is 5.63 Å². The van der Waals surface area contributed by atoms with Crippen LogP contribution in [0.3, 0.4) is 0 Å². The lowest BCUT2D eigenvalue weighted by atomic mass is 9.90. The number of hydrogen-bond acceptors (Lipinski definition) is 7. The minimum absolute atomic E-state index is 0.0830. The Morgan fingerprint density at radius 1 is 0.857 bits per heavy atom. The van der Waals surface area contributed by atoms with Crippen LogP contribution in [0.5, 0.6) is 11.5 Å². The molecule has 0 fully saturated rings. The van der Waals surface area contributed by atoms with Crippen molar-refractivity contribution < 1.29 is 23.5 Å². The third-order valence-electron chi connectivity index (χ3n) is 5.79. The molecule has 7 heteroatoms. The number of Topliss-reactive ketones (excluding diaryl/α,β-unsaturated/α-hetero) is 1. The van der Waals surface area contributed by atoms with Gasteiger partial charge in [0.25, 0.3) is 0 Å². The number of hydrogen-bond donors (Lipinski definition) is 0. The van der Waals surface area contributed by atoms with Crippen molar-refractivity contribution >= 4 is 33.3 Å². The van der Waals surface area contributed by atoms with Gasteiger partial charge >= 0.3 is 5.63 Å². The fourth-order valence-corrected chi connectivity index (χ4v) is 4.03. The quantitative estimate of drug-likeness (QED) is 0.288. The number of ketones is 2. The molecule has 5 rings (SSSR count). The summed E-state index contributed by atoms with van der Waals surface area (Å²) in [4.78, 5) is 40.2. The summed E-state index contributed by atoms with van der Waals surface area (Å²) >= 11 is 0. The number of benzene rings is 3. The van der Waals surface area contributed by atoms with E-state index in [0.29, 0.717) is 23.1 Å². The Hall–Kier alpha value is -4.23. The molecule has 3 aromatic carbocycles. The molecule has 1 aromatic heterocycles. The zero-order valence-electron chi connectivity index (χ0n) is 19.4. The van der Waals surface area contributed by atoms with Gasteiger partial charge < -0.3 is 18.8 Å². The Bertz CT molecular complexity index is 1560. The molecule has 176 valence electrons. The highest BCUT2D eigenvalue weighted by molar-refractivity contribution is 6.25. The van der Waals surface area contributed by atoms with Gasteiger partial charge in [0.2, 0.25) is 11.5 Å². The van der Waals surface area contributed by atoms with Gasteiger partial charge in [-0.25, -0.2) is 4.79 Å². The van der Waals surface area contributed by atoms with Gasteiger partial charge in [-0.05, 0) is 61.6 Å². The molecular formula is C28H23NO6. The molecule has 0 saturated carbocycles. The van der Waals surface area contributed by atoms with Crippen molar-refractivity contribution in [3.63, 3.8) is 0 Å². The summed E-state index contributed by atoms with van der Waals surface area (Å²) in [6.07, 6.45) is 1.97. The number of fused-ring (bicyclic) bond motifs is 3. The smallest absolute Gasteiger partial charge is 0.379 e. The predicted octanol–water partition coefficient (Wildman–Crippen LogP) is 4.62. The highest BCUT2D eigenvalue weighted by Gasteiger charge is 2.28. The molecule has 0 amide bonds. The van der Waals surface area contributed by atoms with Crippen LogP contribution in [0, 0.1) is 0 Å². The SMILES string of the molecule is CN(C)CCCOc1cc2ccc(OC3=CC(=O)c4cc5ccccc5cc4C3=O)cc2oc1=O. The van der Waals surface area contributed by atoms with Gasteiger partial charge in [0, 0.05) is 35.2 Å². The van der Waals surface area contributed by atoms with E-state index in [0.717, 1.165) is 23.7 Å². The Kier molecular flexibility index (Phi) is 5.93. The van der Waals surface area contributed by atoms with Gasteiger partial charge in [0.05, 0.1) is 6.61 Å². The van der Waals surface area contributed by atoms with Gasteiger partial charge in [-0.2, -0.15) is 0 Å². The second-order valence-corrected chi connectivity index (χ2v) is 8.65. The van der Waals surface area contributed by atoms with Crippen LogP contribution < -0.4 is 15.1 Å². The number of rotatable bonds is 7. The Balaban J connectivity index is 1.38. The summed E-state index contributed by atoms with van der Waals surface area (Å²) in [6, 6.07) is 17.5. The fourth-order valence-electron chi connectivity index (χ4n) is 4.03. The van der Waals surface area contributed by atoms with Crippen LogP contribution in [0.2, 0.25) is 0 Å². The molecule has 1 aliphatic rings. The molecule has 35 heavy (non-hydrogen) atoms. The molecule has 0 aliphatic heterocycles. The van der Waals surface area contributed by atoms with Crippen LogP contribution >= 0.6 is 0 Å². The van der Waals surface area contributed by atoms with Gasteiger partial charge in [-0.1, -0.05) is 24.3 Å². The van der Waals surface area contributed by atoms with E-state index in [-0.39, 0.29) is 34.4 Å². The molecule has 0 radical (unpaired) electrons. The third-order valence-corrected chi connectivity index (χ3v) is 5.79. The topological polar surface area (TPSA) is 86.1 Å². The maximum Gasteiger partial charge on any atom is 0.379 e. The largest absolute Gasteiger partial charge is 0.486 e. The molecular weight excluding hydrogens is 446 g/mol. The molecule has 7 nitrogen and oxygen atoms in total. The Morgan fingerprint density at radius 2 is 1.60 bits per heavy atom. The number of allylic oxidation sites excluding steroid dienone is 2. The number of ether oxygens (including phenoxy) is 2. The fraction of sp³-hybridized carbons (Fsp3) is 0.179. The Morgan fingerprint density at radius 3 is 2.34 bits per heavy atom. The maximum absolute atomic E-state index is 13.1. The molecule has 0 atom stereocenters. The van der Waals surface area contributed by atoms with E-state index in [1.807, 2.05) is 43.3 Å². The van der Waals surface area contributed by atoms with Crippen LogP contribution in [0.25, 0.3) is 21.7 Å². The van der Waals surface area contributed by atoms with Crippen molar-refractivity contribution in [2.75, 3.05) is 27.2 Å². The summed E-state index contributed by atoms with van der Waals surface area (Å²) in [7, 11) is 3.94. The molecule has 0 saturated heterocycles. The lowest BCUT2D eigenvalue weighted by Crippen LogP contribution is -2.20. The average Bonchev–Trinajstić information content (AvgIpc) is 2.84. The molecule has 0 bridgehead atoms. The van der Waals surface area contributed by atoms with E-state index in [1.54, 1.807) is 30.3 Å². The van der Waals surface area contributed by atoms with Crippen LogP contribution in [0.15, 0.2) is 81.7 Å². The molecule has 0 N–H and O–H groups in total. The number of nitrogens with zero attached hydrogens (tertiary/aromatic N) is 1.